The molecule has 10 nitrogen and oxygen atoms in total. The first-order valence-electron chi connectivity index (χ1n) is 11.2. The van der Waals surface area contributed by atoms with Gasteiger partial charge >= 0.3 is 12.0 Å². The van der Waals surface area contributed by atoms with Gasteiger partial charge in [0.25, 0.3) is 0 Å². The van der Waals surface area contributed by atoms with Gasteiger partial charge in [-0.3, -0.25) is 10.2 Å². The second-order valence-electron chi connectivity index (χ2n) is 8.12. The molecule has 1 aromatic carbocycles. The van der Waals surface area contributed by atoms with Crippen LogP contribution in [0.1, 0.15) is 27.9 Å². The number of aromatic nitrogens is 1. The highest BCUT2D eigenvalue weighted by Gasteiger charge is 2.24. The van der Waals surface area contributed by atoms with Crippen molar-refractivity contribution in [1.82, 2.24) is 19.5 Å². The van der Waals surface area contributed by atoms with Crippen molar-refractivity contribution < 1.29 is 33.3 Å². The fraction of sp³-hybridized carbons (Fsp3) is 0.500. The Morgan fingerprint density at radius 1 is 1.14 bits per heavy atom. The number of aromatic carboxylic acids is 1. The van der Waals surface area contributed by atoms with Gasteiger partial charge in [0.1, 0.15) is 23.2 Å². The van der Waals surface area contributed by atoms with E-state index in [1.807, 2.05) is 0 Å². The minimum absolute atomic E-state index is 0.0273. The van der Waals surface area contributed by atoms with Crippen LogP contribution in [-0.2, 0) is 6.61 Å². The van der Waals surface area contributed by atoms with E-state index >= 15 is 0 Å². The number of ether oxygens (including phenoxy) is 1. The first-order chi connectivity index (χ1) is 16.8. The molecule has 1 fully saturated rings. The third-order valence-electron chi connectivity index (χ3n) is 5.61. The minimum atomic E-state index is -1.38. The molecule has 2 amide bonds. The van der Waals surface area contributed by atoms with E-state index < -0.39 is 30.2 Å². The Kier molecular flexibility index (Phi) is 9.72. The average molecular weight is 514 g/mol. The maximum Gasteiger partial charge on any atom is 0.344 e. The van der Waals surface area contributed by atoms with Crippen LogP contribution in [0.4, 0.5) is 18.6 Å². The molecule has 1 aliphatic rings. The topological polar surface area (TPSA) is 127 Å². The molecule has 1 saturated heterocycles. The molecule has 0 bridgehead atoms. The SMILES string of the molecule is Cc1cc(F)c(COc2nsc(NC(=O)NCCCN3CCN(CCO)CC3)c2C(=O)O)cc1F. The molecular weight excluding hydrogens is 484 g/mol. The molecule has 35 heavy (non-hydrogen) atoms. The Morgan fingerprint density at radius 3 is 2.49 bits per heavy atom. The molecule has 2 heterocycles. The zero-order chi connectivity index (χ0) is 25.4. The molecule has 3 rings (SSSR count). The molecular formula is C22H29F2N5O5S. The lowest BCUT2D eigenvalue weighted by molar-refractivity contribution is 0.0693. The van der Waals surface area contributed by atoms with Gasteiger partial charge in [0.2, 0.25) is 5.88 Å². The van der Waals surface area contributed by atoms with Crippen molar-refractivity contribution in [1.29, 1.82) is 0 Å². The van der Waals surface area contributed by atoms with E-state index in [1.54, 1.807) is 0 Å². The zero-order valence-corrected chi connectivity index (χ0v) is 20.2. The van der Waals surface area contributed by atoms with E-state index in [1.165, 1.54) is 6.92 Å². The van der Waals surface area contributed by atoms with E-state index in [-0.39, 0.29) is 34.2 Å². The summed E-state index contributed by atoms with van der Waals surface area (Å²) < 4.78 is 37.0. The first kappa shape index (κ1) is 26.7. The summed E-state index contributed by atoms with van der Waals surface area (Å²) >= 11 is 0.718. The standard InChI is InChI=1S/C22H29F2N5O5S/c1-14-11-17(24)15(12-16(14)23)13-34-19-18(21(31)32)20(35-27-19)26-22(33)25-3-2-4-28-5-7-29(8-6-28)9-10-30/h11-12,30H,2-10,13H2,1H3,(H,31,32)(H2,25,26,33). The number of nitrogens with zero attached hydrogens (tertiary/aromatic N) is 3. The number of carboxylic acid groups (broad SMARTS) is 1. The molecule has 0 spiro atoms. The second kappa shape index (κ2) is 12.7. The summed E-state index contributed by atoms with van der Waals surface area (Å²) in [4.78, 5) is 28.4. The van der Waals surface area contributed by atoms with Crippen molar-refractivity contribution in [2.24, 2.45) is 0 Å². The van der Waals surface area contributed by atoms with Crippen molar-refractivity contribution >= 4 is 28.5 Å². The number of carboxylic acids is 1. The smallest absolute Gasteiger partial charge is 0.344 e. The Morgan fingerprint density at radius 2 is 1.83 bits per heavy atom. The van der Waals surface area contributed by atoms with Gasteiger partial charge in [-0.15, -0.1) is 0 Å². The van der Waals surface area contributed by atoms with Crippen LogP contribution in [0.15, 0.2) is 12.1 Å². The number of β-amino-alcohol motifs (C(OH)–C–C–N with tert-alkyl or cyclic N) is 1. The normalized spacial score (nSPS) is 14.6. The number of amides is 2. The van der Waals surface area contributed by atoms with Gasteiger partial charge in [0.05, 0.1) is 6.61 Å². The number of aliphatic hydroxyl groups excluding tert-OH is 1. The van der Waals surface area contributed by atoms with Crippen LogP contribution >= 0.6 is 11.5 Å². The van der Waals surface area contributed by atoms with Crippen LogP contribution in [0.5, 0.6) is 5.88 Å². The third kappa shape index (κ3) is 7.56. The number of aliphatic hydroxyl groups is 1. The third-order valence-corrected chi connectivity index (χ3v) is 6.36. The quantitative estimate of drug-likeness (QED) is 0.337. The van der Waals surface area contributed by atoms with Gasteiger partial charge in [-0.2, -0.15) is 4.37 Å². The van der Waals surface area contributed by atoms with Crippen LogP contribution in [-0.4, -0.2) is 88.8 Å². The molecule has 4 N–H and O–H groups in total. The molecule has 1 aliphatic heterocycles. The number of carbonyl (C=O) groups excluding carboxylic acids is 1. The Hall–Kier alpha value is -2.87. The van der Waals surface area contributed by atoms with Crippen molar-refractivity contribution in [2.75, 3.05) is 57.7 Å². The number of piperazine rings is 1. The lowest BCUT2D eigenvalue weighted by Gasteiger charge is -2.34. The summed E-state index contributed by atoms with van der Waals surface area (Å²) in [5.41, 5.74) is -0.303. The molecule has 0 atom stereocenters. The number of hydrogen-bond donors (Lipinski definition) is 4. The number of nitrogens with one attached hydrogen (secondary N) is 2. The van der Waals surface area contributed by atoms with Gasteiger partial charge in [-0.25, -0.2) is 18.4 Å². The largest absolute Gasteiger partial charge is 0.477 e. The molecule has 0 aliphatic carbocycles. The monoisotopic (exact) mass is 513 g/mol. The summed E-state index contributed by atoms with van der Waals surface area (Å²) in [6.45, 7) is 6.63. The highest BCUT2D eigenvalue weighted by atomic mass is 32.1. The molecule has 0 saturated carbocycles. The maximum absolute atomic E-state index is 14.0. The number of hydrogen-bond acceptors (Lipinski definition) is 8. The maximum atomic E-state index is 14.0. The summed E-state index contributed by atoms with van der Waals surface area (Å²) in [6.07, 6.45) is 0.717. The van der Waals surface area contributed by atoms with E-state index in [9.17, 15) is 23.5 Å². The molecule has 0 radical (unpaired) electrons. The van der Waals surface area contributed by atoms with Crippen LogP contribution in [0.2, 0.25) is 0 Å². The van der Waals surface area contributed by atoms with Gasteiger partial charge in [0.15, 0.2) is 5.56 Å². The van der Waals surface area contributed by atoms with Crippen molar-refractivity contribution in [2.45, 2.75) is 20.0 Å². The Bertz CT molecular complexity index is 1030. The number of aryl methyl sites for hydroxylation is 1. The van der Waals surface area contributed by atoms with E-state index in [4.69, 9.17) is 9.84 Å². The predicted molar refractivity (Wildman–Crippen MR) is 126 cm³/mol. The highest BCUT2D eigenvalue weighted by Crippen LogP contribution is 2.31. The Balaban J connectivity index is 1.47. The fourth-order valence-corrected chi connectivity index (χ4v) is 4.34. The highest BCUT2D eigenvalue weighted by molar-refractivity contribution is 7.11. The molecule has 13 heteroatoms. The molecule has 2 aromatic rings. The Labute approximate surface area is 205 Å². The lowest BCUT2D eigenvalue weighted by atomic mass is 10.1. The van der Waals surface area contributed by atoms with E-state index in [2.05, 4.69) is 24.8 Å². The number of urea groups is 1. The van der Waals surface area contributed by atoms with Gasteiger partial charge in [-0.05, 0) is 49.1 Å². The lowest BCUT2D eigenvalue weighted by Crippen LogP contribution is -2.47. The summed E-state index contributed by atoms with van der Waals surface area (Å²) in [7, 11) is 0. The number of halogens is 2. The average Bonchev–Trinajstić information content (AvgIpc) is 3.22. The molecule has 192 valence electrons. The predicted octanol–water partition coefficient (Wildman–Crippen LogP) is 2.13. The van der Waals surface area contributed by atoms with Gasteiger partial charge in [0, 0.05) is 44.8 Å². The minimum Gasteiger partial charge on any atom is -0.477 e. The fourth-order valence-electron chi connectivity index (χ4n) is 3.62. The summed E-state index contributed by atoms with van der Waals surface area (Å²) in [5.74, 6) is -2.95. The van der Waals surface area contributed by atoms with E-state index in [0.29, 0.717) is 13.1 Å². The van der Waals surface area contributed by atoms with Crippen LogP contribution in [0.25, 0.3) is 0 Å². The summed E-state index contributed by atoms with van der Waals surface area (Å²) in [6, 6.07) is 1.43. The number of anilines is 1. The summed E-state index contributed by atoms with van der Waals surface area (Å²) in [5, 5.41) is 23.7. The first-order valence-corrected chi connectivity index (χ1v) is 12.0. The van der Waals surface area contributed by atoms with Gasteiger partial charge < -0.3 is 25.2 Å². The van der Waals surface area contributed by atoms with Crippen molar-refractivity contribution in [3.8, 4) is 5.88 Å². The second-order valence-corrected chi connectivity index (χ2v) is 8.89. The molecule has 0 unspecified atom stereocenters. The van der Waals surface area contributed by atoms with E-state index in [0.717, 1.165) is 62.8 Å². The zero-order valence-electron chi connectivity index (χ0n) is 19.4. The van der Waals surface area contributed by atoms with Gasteiger partial charge in [-0.1, -0.05) is 0 Å². The number of carbonyl (C=O) groups is 2. The van der Waals surface area contributed by atoms with Crippen LogP contribution in [0.3, 0.4) is 0 Å². The van der Waals surface area contributed by atoms with Crippen LogP contribution < -0.4 is 15.4 Å². The number of benzene rings is 1. The molecule has 1 aromatic heterocycles. The van der Waals surface area contributed by atoms with Crippen molar-refractivity contribution in [3.05, 3.63) is 40.5 Å². The van der Waals surface area contributed by atoms with Crippen molar-refractivity contribution in [3.63, 3.8) is 0 Å². The number of rotatable bonds is 11. The van der Waals surface area contributed by atoms with Crippen LogP contribution in [0, 0.1) is 18.6 Å².